The molecule has 1 aromatic carbocycles. The minimum atomic E-state index is -0.108. The van der Waals surface area contributed by atoms with Gasteiger partial charge in [0.25, 0.3) is 0 Å². The molecular formula is C15H23NO2. The summed E-state index contributed by atoms with van der Waals surface area (Å²) in [5.74, 6) is -0.102. The van der Waals surface area contributed by atoms with E-state index in [4.69, 9.17) is 5.11 Å². The van der Waals surface area contributed by atoms with E-state index in [9.17, 15) is 4.79 Å². The number of benzene rings is 1. The molecule has 1 rings (SSSR count). The number of hydrogen-bond donors (Lipinski definition) is 2. The second-order valence-electron chi connectivity index (χ2n) is 5.45. The second-order valence-corrected chi connectivity index (χ2v) is 5.45. The van der Waals surface area contributed by atoms with Gasteiger partial charge in [-0.25, -0.2) is 0 Å². The van der Waals surface area contributed by atoms with Crippen LogP contribution in [0.4, 0.5) is 0 Å². The van der Waals surface area contributed by atoms with Crippen LogP contribution in [0.2, 0.25) is 0 Å². The number of aryl methyl sites for hydroxylation is 2. The molecular weight excluding hydrogens is 226 g/mol. The van der Waals surface area contributed by atoms with Crippen molar-refractivity contribution in [1.29, 1.82) is 0 Å². The summed E-state index contributed by atoms with van der Waals surface area (Å²) in [7, 11) is 0. The first kappa shape index (κ1) is 14.7. The van der Waals surface area contributed by atoms with Crippen LogP contribution in [0.15, 0.2) is 18.2 Å². The molecule has 0 aliphatic heterocycles. The van der Waals surface area contributed by atoms with Gasteiger partial charge in [0.2, 0.25) is 5.91 Å². The van der Waals surface area contributed by atoms with E-state index in [2.05, 4.69) is 51.2 Å². The fourth-order valence-corrected chi connectivity index (χ4v) is 2.18. The Kier molecular flexibility index (Phi) is 4.91. The van der Waals surface area contributed by atoms with Gasteiger partial charge in [0, 0.05) is 18.4 Å². The predicted octanol–water partition coefficient (Wildman–Crippen LogP) is 2.08. The maximum Gasteiger partial charge on any atom is 0.222 e. The molecule has 3 heteroatoms. The summed E-state index contributed by atoms with van der Waals surface area (Å²) in [5.41, 5.74) is 3.63. The number of amides is 1. The van der Waals surface area contributed by atoms with Crippen LogP contribution in [0.25, 0.3) is 0 Å². The van der Waals surface area contributed by atoms with E-state index >= 15 is 0 Å². The topological polar surface area (TPSA) is 49.3 Å². The lowest BCUT2D eigenvalue weighted by molar-refractivity contribution is -0.121. The molecule has 0 spiro atoms. The first-order chi connectivity index (χ1) is 8.36. The van der Waals surface area contributed by atoms with Crippen molar-refractivity contribution in [2.75, 3.05) is 13.2 Å². The maximum atomic E-state index is 11.4. The van der Waals surface area contributed by atoms with Crippen molar-refractivity contribution in [3.05, 3.63) is 34.9 Å². The average Bonchev–Trinajstić information content (AvgIpc) is 2.26. The fraction of sp³-hybridized carbons (Fsp3) is 0.533. The summed E-state index contributed by atoms with van der Waals surface area (Å²) >= 11 is 0. The zero-order chi connectivity index (χ0) is 13.8. The van der Waals surface area contributed by atoms with Crippen molar-refractivity contribution in [1.82, 2.24) is 5.32 Å². The van der Waals surface area contributed by atoms with Crippen LogP contribution in [0.3, 0.4) is 0 Å². The van der Waals surface area contributed by atoms with Gasteiger partial charge in [-0.15, -0.1) is 0 Å². The molecule has 0 aliphatic rings. The summed E-state index contributed by atoms with van der Waals surface area (Å²) in [6, 6.07) is 6.38. The van der Waals surface area contributed by atoms with E-state index in [0.717, 1.165) is 0 Å². The zero-order valence-corrected chi connectivity index (χ0v) is 11.7. The summed E-state index contributed by atoms with van der Waals surface area (Å²) in [6.45, 7) is 8.88. The Labute approximate surface area is 109 Å². The van der Waals surface area contributed by atoms with Gasteiger partial charge >= 0.3 is 0 Å². The molecule has 0 saturated heterocycles. The number of rotatable bonds is 5. The van der Waals surface area contributed by atoms with E-state index in [1.165, 1.54) is 16.7 Å². The summed E-state index contributed by atoms with van der Waals surface area (Å²) < 4.78 is 0. The number of aliphatic hydroxyl groups excluding tert-OH is 1. The highest BCUT2D eigenvalue weighted by atomic mass is 16.3. The third-order valence-corrected chi connectivity index (χ3v) is 3.18. The molecule has 0 atom stereocenters. The lowest BCUT2D eigenvalue weighted by atomic mass is 9.81. The van der Waals surface area contributed by atoms with Gasteiger partial charge in [-0.05, 0) is 25.0 Å². The first-order valence-electron chi connectivity index (χ1n) is 6.32. The third kappa shape index (κ3) is 3.84. The minimum Gasteiger partial charge on any atom is -0.396 e. The van der Waals surface area contributed by atoms with Crippen molar-refractivity contribution < 1.29 is 9.90 Å². The van der Waals surface area contributed by atoms with Crippen LogP contribution >= 0.6 is 0 Å². The molecule has 1 aromatic rings. The Morgan fingerprint density at radius 1 is 1.33 bits per heavy atom. The van der Waals surface area contributed by atoms with E-state index in [-0.39, 0.29) is 24.3 Å². The number of carbonyl (C=O) groups is 1. The van der Waals surface area contributed by atoms with Gasteiger partial charge in [-0.2, -0.15) is 0 Å². The van der Waals surface area contributed by atoms with Crippen LogP contribution in [0.1, 0.15) is 37.0 Å². The minimum absolute atomic E-state index is 0.101. The molecule has 18 heavy (non-hydrogen) atoms. The van der Waals surface area contributed by atoms with Gasteiger partial charge < -0.3 is 10.4 Å². The number of carbonyl (C=O) groups excluding carboxylic acids is 1. The highest BCUT2D eigenvalue weighted by Crippen LogP contribution is 2.26. The Morgan fingerprint density at radius 3 is 2.56 bits per heavy atom. The van der Waals surface area contributed by atoms with E-state index in [1.54, 1.807) is 0 Å². The highest BCUT2D eigenvalue weighted by Gasteiger charge is 2.23. The lowest BCUT2D eigenvalue weighted by Crippen LogP contribution is -2.37. The van der Waals surface area contributed by atoms with Crippen molar-refractivity contribution in [3.8, 4) is 0 Å². The van der Waals surface area contributed by atoms with Crippen molar-refractivity contribution in [2.24, 2.45) is 0 Å². The number of nitrogens with one attached hydrogen (secondary N) is 1. The number of hydrogen-bond acceptors (Lipinski definition) is 2. The number of aliphatic hydroxyl groups is 1. The molecule has 1 amide bonds. The Hall–Kier alpha value is -1.35. The quantitative estimate of drug-likeness (QED) is 0.839. The molecule has 100 valence electrons. The molecule has 2 N–H and O–H groups in total. The first-order valence-corrected chi connectivity index (χ1v) is 6.32. The van der Waals surface area contributed by atoms with Gasteiger partial charge in [-0.3, -0.25) is 4.79 Å². The van der Waals surface area contributed by atoms with Gasteiger partial charge in [0.15, 0.2) is 0 Å². The molecule has 0 bridgehead atoms. The molecule has 0 saturated carbocycles. The third-order valence-electron chi connectivity index (χ3n) is 3.18. The smallest absolute Gasteiger partial charge is 0.222 e. The monoisotopic (exact) mass is 249 g/mol. The maximum absolute atomic E-state index is 11.4. The normalized spacial score (nSPS) is 11.4. The zero-order valence-electron chi connectivity index (χ0n) is 11.7. The summed E-state index contributed by atoms with van der Waals surface area (Å²) in [4.78, 5) is 11.4. The van der Waals surface area contributed by atoms with Crippen LogP contribution in [0.5, 0.6) is 0 Å². The van der Waals surface area contributed by atoms with Crippen LogP contribution < -0.4 is 5.32 Å². The van der Waals surface area contributed by atoms with Gasteiger partial charge in [0.05, 0.1) is 6.61 Å². The average molecular weight is 249 g/mol. The lowest BCUT2D eigenvalue weighted by Gasteiger charge is -2.27. The molecule has 0 aromatic heterocycles. The van der Waals surface area contributed by atoms with Crippen molar-refractivity contribution in [3.63, 3.8) is 0 Å². The molecule has 0 radical (unpaired) electrons. The van der Waals surface area contributed by atoms with E-state index in [1.807, 2.05) is 0 Å². The summed E-state index contributed by atoms with van der Waals surface area (Å²) in [5, 5.41) is 11.6. The molecule has 3 nitrogen and oxygen atoms in total. The standard InChI is InChI=1S/C15H23NO2/c1-11-5-6-13(12(2)9-11)15(3,4)10-16-14(18)7-8-17/h5-6,9,17H,7-8,10H2,1-4H3,(H,16,18). The van der Waals surface area contributed by atoms with Crippen molar-refractivity contribution in [2.45, 2.75) is 39.5 Å². The van der Waals surface area contributed by atoms with Gasteiger partial charge in [-0.1, -0.05) is 37.6 Å². The largest absolute Gasteiger partial charge is 0.396 e. The molecule has 0 aliphatic carbocycles. The predicted molar refractivity (Wildman–Crippen MR) is 73.7 cm³/mol. The molecule has 0 unspecified atom stereocenters. The van der Waals surface area contributed by atoms with E-state index < -0.39 is 0 Å². The summed E-state index contributed by atoms with van der Waals surface area (Å²) in [6.07, 6.45) is 0.170. The molecule has 0 heterocycles. The van der Waals surface area contributed by atoms with Crippen LogP contribution in [-0.4, -0.2) is 24.2 Å². The van der Waals surface area contributed by atoms with Gasteiger partial charge in [0.1, 0.15) is 0 Å². The molecule has 0 fully saturated rings. The van der Waals surface area contributed by atoms with Crippen LogP contribution in [0, 0.1) is 13.8 Å². The Bertz CT molecular complexity index is 425. The van der Waals surface area contributed by atoms with Crippen molar-refractivity contribution >= 4 is 5.91 Å². The fourth-order valence-electron chi connectivity index (χ4n) is 2.18. The highest BCUT2D eigenvalue weighted by molar-refractivity contribution is 5.76. The SMILES string of the molecule is Cc1ccc(C(C)(C)CNC(=O)CCO)c(C)c1. The Balaban J connectivity index is 2.76. The Morgan fingerprint density at radius 2 is 2.00 bits per heavy atom. The second kappa shape index (κ2) is 6.01. The van der Waals surface area contributed by atoms with E-state index in [0.29, 0.717) is 6.54 Å². The van der Waals surface area contributed by atoms with Crippen LogP contribution in [-0.2, 0) is 10.2 Å².